The molecule has 0 fully saturated rings. The van der Waals surface area contributed by atoms with Gasteiger partial charge in [0.15, 0.2) is 0 Å². The molecule has 1 rings (SSSR count). The van der Waals surface area contributed by atoms with Gasteiger partial charge in [0.05, 0.1) is 5.71 Å². The van der Waals surface area contributed by atoms with Crippen molar-refractivity contribution in [1.29, 1.82) is 5.41 Å². The van der Waals surface area contributed by atoms with Gasteiger partial charge in [0, 0.05) is 0 Å². The van der Waals surface area contributed by atoms with Gasteiger partial charge in [0.25, 0.3) is 0 Å². The van der Waals surface area contributed by atoms with Crippen LogP contribution in [0.3, 0.4) is 0 Å². The third kappa shape index (κ3) is 2.56. The molecule has 0 atom stereocenters. The molecular weight excluding hydrogens is 170 g/mol. The first-order chi connectivity index (χ1) is 6.75. The number of rotatable bonds is 4. The van der Waals surface area contributed by atoms with E-state index in [4.69, 9.17) is 5.41 Å². The van der Waals surface area contributed by atoms with Crippen LogP contribution in [-0.4, -0.2) is 5.71 Å². The first-order valence-corrected chi connectivity index (χ1v) is 4.38. The van der Waals surface area contributed by atoms with Gasteiger partial charge in [0.1, 0.15) is 0 Å². The summed E-state index contributed by atoms with van der Waals surface area (Å²) < 4.78 is 0. The highest BCUT2D eigenvalue weighted by Gasteiger charge is 2.00. The van der Waals surface area contributed by atoms with E-state index in [1.54, 1.807) is 18.2 Å². The number of allylic oxidation sites excluding steroid dienone is 4. The Morgan fingerprint density at radius 3 is 2.43 bits per heavy atom. The molecule has 0 aliphatic carbocycles. The molecule has 0 unspecified atom stereocenters. The lowest BCUT2D eigenvalue weighted by Crippen LogP contribution is -1.99. The van der Waals surface area contributed by atoms with E-state index in [-0.39, 0.29) is 0 Å². The Labute approximate surface area is 84.6 Å². The van der Waals surface area contributed by atoms with Crippen molar-refractivity contribution in [3.05, 3.63) is 72.9 Å². The Balaban J connectivity index is 2.81. The van der Waals surface area contributed by atoms with E-state index < -0.39 is 0 Å². The van der Waals surface area contributed by atoms with Crippen molar-refractivity contribution in [2.24, 2.45) is 0 Å². The maximum Gasteiger partial charge on any atom is 0.0678 e. The van der Waals surface area contributed by atoms with Crippen LogP contribution >= 0.6 is 0 Å². The van der Waals surface area contributed by atoms with Crippen molar-refractivity contribution < 1.29 is 0 Å². The van der Waals surface area contributed by atoms with Gasteiger partial charge in [-0.3, -0.25) is 5.41 Å². The maximum atomic E-state index is 7.83. The molecule has 1 heteroatoms. The van der Waals surface area contributed by atoms with E-state index in [1.165, 1.54) is 0 Å². The summed E-state index contributed by atoms with van der Waals surface area (Å²) in [6.45, 7) is 7.38. The summed E-state index contributed by atoms with van der Waals surface area (Å²) in [6, 6.07) is 9.55. The highest BCUT2D eigenvalue weighted by atomic mass is 14.4. The molecule has 0 amide bonds. The van der Waals surface area contributed by atoms with E-state index >= 15 is 0 Å². The minimum Gasteiger partial charge on any atom is -0.300 e. The lowest BCUT2D eigenvalue weighted by Gasteiger charge is -2.02. The molecule has 0 saturated carbocycles. The molecule has 0 aromatic heterocycles. The largest absolute Gasteiger partial charge is 0.300 e. The molecular formula is C13H13N. The van der Waals surface area contributed by atoms with Crippen molar-refractivity contribution in [1.82, 2.24) is 0 Å². The molecule has 0 spiro atoms. The van der Waals surface area contributed by atoms with Gasteiger partial charge < -0.3 is 0 Å². The topological polar surface area (TPSA) is 23.9 Å². The summed E-state index contributed by atoms with van der Waals surface area (Å²) >= 11 is 0. The van der Waals surface area contributed by atoms with Crippen LogP contribution < -0.4 is 0 Å². The molecule has 0 aliphatic heterocycles. The average Bonchev–Trinajstić information content (AvgIpc) is 2.26. The van der Waals surface area contributed by atoms with Gasteiger partial charge in [-0.05, 0) is 11.1 Å². The second-order valence-electron chi connectivity index (χ2n) is 2.86. The first kappa shape index (κ1) is 10.2. The second kappa shape index (κ2) is 4.97. The van der Waals surface area contributed by atoms with E-state index in [9.17, 15) is 0 Å². The standard InChI is InChI=1S/C13H13N/c1-3-4-8-11(2)13(14)12-9-6-5-7-10-12/h3-10,14H,1-2H2. The van der Waals surface area contributed by atoms with Gasteiger partial charge in [-0.2, -0.15) is 0 Å². The van der Waals surface area contributed by atoms with Gasteiger partial charge in [-0.25, -0.2) is 0 Å². The van der Waals surface area contributed by atoms with Gasteiger partial charge in [-0.15, -0.1) is 0 Å². The highest BCUT2D eigenvalue weighted by molar-refractivity contribution is 6.11. The monoisotopic (exact) mass is 183 g/mol. The molecule has 0 aliphatic rings. The number of benzene rings is 1. The lowest BCUT2D eigenvalue weighted by molar-refractivity contribution is 1.47. The molecule has 1 nitrogen and oxygen atoms in total. The van der Waals surface area contributed by atoms with Crippen LogP contribution in [0.25, 0.3) is 0 Å². The van der Waals surface area contributed by atoms with Crippen LogP contribution in [0, 0.1) is 5.41 Å². The molecule has 0 bridgehead atoms. The molecule has 1 aromatic rings. The van der Waals surface area contributed by atoms with Crippen molar-refractivity contribution in [3.8, 4) is 0 Å². The Morgan fingerprint density at radius 2 is 1.86 bits per heavy atom. The molecule has 14 heavy (non-hydrogen) atoms. The van der Waals surface area contributed by atoms with Crippen molar-refractivity contribution in [2.45, 2.75) is 0 Å². The van der Waals surface area contributed by atoms with Crippen LogP contribution in [0.4, 0.5) is 0 Å². The van der Waals surface area contributed by atoms with Gasteiger partial charge >= 0.3 is 0 Å². The molecule has 0 radical (unpaired) electrons. The molecule has 70 valence electrons. The van der Waals surface area contributed by atoms with Gasteiger partial charge in [0.2, 0.25) is 0 Å². The maximum absolute atomic E-state index is 7.83. The summed E-state index contributed by atoms with van der Waals surface area (Å²) in [5.74, 6) is 0. The summed E-state index contributed by atoms with van der Waals surface area (Å²) in [6.07, 6.45) is 5.23. The highest BCUT2D eigenvalue weighted by Crippen LogP contribution is 2.07. The fourth-order valence-corrected chi connectivity index (χ4v) is 1.06. The Hall–Kier alpha value is -1.89. The van der Waals surface area contributed by atoms with Crippen LogP contribution in [-0.2, 0) is 0 Å². The van der Waals surface area contributed by atoms with Gasteiger partial charge in [-0.1, -0.05) is 61.7 Å². The van der Waals surface area contributed by atoms with Crippen LogP contribution in [0.5, 0.6) is 0 Å². The minimum absolute atomic E-state index is 0.448. The Kier molecular flexibility index (Phi) is 3.62. The number of hydrogen-bond donors (Lipinski definition) is 1. The summed E-state index contributed by atoms with van der Waals surface area (Å²) in [4.78, 5) is 0. The zero-order valence-electron chi connectivity index (χ0n) is 8.03. The number of hydrogen-bond acceptors (Lipinski definition) is 1. The predicted octanol–water partition coefficient (Wildman–Crippen LogP) is 3.35. The lowest BCUT2D eigenvalue weighted by atomic mass is 10.0. The zero-order valence-corrected chi connectivity index (χ0v) is 8.03. The van der Waals surface area contributed by atoms with Crippen molar-refractivity contribution >= 4 is 5.71 Å². The minimum atomic E-state index is 0.448. The SMILES string of the molecule is C=CC=CC(=C)C(=N)c1ccccc1. The third-order valence-electron chi connectivity index (χ3n) is 1.82. The van der Waals surface area contributed by atoms with E-state index in [2.05, 4.69) is 13.2 Å². The predicted molar refractivity (Wildman–Crippen MR) is 61.7 cm³/mol. The molecule has 0 heterocycles. The molecule has 0 saturated heterocycles. The van der Waals surface area contributed by atoms with Crippen molar-refractivity contribution in [3.63, 3.8) is 0 Å². The van der Waals surface area contributed by atoms with Crippen LogP contribution in [0.1, 0.15) is 5.56 Å². The average molecular weight is 183 g/mol. The summed E-state index contributed by atoms with van der Waals surface area (Å²) in [5, 5.41) is 7.83. The fourth-order valence-electron chi connectivity index (χ4n) is 1.06. The summed E-state index contributed by atoms with van der Waals surface area (Å²) in [5.41, 5.74) is 2.02. The Morgan fingerprint density at radius 1 is 1.21 bits per heavy atom. The third-order valence-corrected chi connectivity index (χ3v) is 1.82. The molecule has 1 N–H and O–H groups in total. The van der Waals surface area contributed by atoms with Crippen LogP contribution in [0.2, 0.25) is 0 Å². The van der Waals surface area contributed by atoms with E-state index in [0.29, 0.717) is 11.3 Å². The summed E-state index contributed by atoms with van der Waals surface area (Å²) in [7, 11) is 0. The Bertz CT molecular complexity index is 371. The first-order valence-electron chi connectivity index (χ1n) is 4.38. The zero-order chi connectivity index (χ0) is 10.4. The quantitative estimate of drug-likeness (QED) is 0.546. The van der Waals surface area contributed by atoms with Crippen molar-refractivity contribution in [2.75, 3.05) is 0 Å². The van der Waals surface area contributed by atoms with Crippen LogP contribution in [0.15, 0.2) is 67.3 Å². The fraction of sp³-hybridized carbons (Fsp3) is 0. The molecule has 1 aromatic carbocycles. The second-order valence-corrected chi connectivity index (χ2v) is 2.86. The number of nitrogens with one attached hydrogen (secondary N) is 1. The van der Waals surface area contributed by atoms with E-state index in [1.807, 2.05) is 30.3 Å². The smallest absolute Gasteiger partial charge is 0.0678 e. The normalized spacial score (nSPS) is 10.0. The van der Waals surface area contributed by atoms with E-state index in [0.717, 1.165) is 5.56 Å².